The molecule has 1 saturated carbocycles. The fourth-order valence-electron chi connectivity index (χ4n) is 2.76. The van der Waals surface area contributed by atoms with Crippen LogP contribution in [-0.4, -0.2) is 19.8 Å². The minimum absolute atomic E-state index is 0.567. The van der Waals surface area contributed by atoms with E-state index in [0.29, 0.717) is 5.41 Å². The average molecular weight is 169 g/mol. The highest BCUT2D eigenvalue weighted by molar-refractivity contribution is 4.95. The average Bonchev–Trinajstić information content (AvgIpc) is 2.03. The van der Waals surface area contributed by atoms with E-state index < -0.39 is 0 Å². The Balaban J connectivity index is 1.97. The van der Waals surface area contributed by atoms with Gasteiger partial charge in [-0.1, -0.05) is 6.42 Å². The van der Waals surface area contributed by atoms with Gasteiger partial charge in [0.2, 0.25) is 0 Å². The van der Waals surface area contributed by atoms with Crippen molar-refractivity contribution in [1.82, 2.24) is 0 Å². The number of hydrogen-bond acceptors (Lipinski definition) is 2. The summed E-state index contributed by atoms with van der Waals surface area (Å²) in [6, 6.07) is 0. The first-order chi connectivity index (χ1) is 5.87. The van der Waals surface area contributed by atoms with Crippen molar-refractivity contribution in [2.24, 2.45) is 17.1 Å². The lowest BCUT2D eigenvalue weighted by atomic mass is 9.59. The molecule has 70 valence electrons. The van der Waals surface area contributed by atoms with Gasteiger partial charge in [-0.25, -0.2) is 0 Å². The normalized spacial score (nSPS) is 33.2. The fourth-order valence-corrected chi connectivity index (χ4v) is 2.76. The first-order valence-electron chi connectivity index (χ1n) is 5.15. The molecular weight excluding hydrogens is 150 g/mol. The quantitative estimate of drug-likeness (QED) is 0.680. The van der Waals surface area contributed by atoms with Crippen LogP contribution in [0.5, 0.6) is 0 Å². The zero-order chi connectivity index (χ0) is 8.44. The molecule has 1 unspecified atom stereocenters. The van der Waals surface area contributed by atoms with E-state index in [-0.39, 0.29) is 0 Å². The minimum atomic E-state index is 0.567. The van der Waals surface area contributed by atoms with E-state index in [1.807, 2.05) is 0 Å². The van der Waals surface area contributed by atoms with Crippen LogP contribution in [0.2, 0.25) is 0 Å². The van der Waals surface area contributed by atoms with Crippen molar-refractivity contribution in [2.45, 2.75) is 32.1 Å². The Hall–Kier alpha value is -0.0800. The lowest BCUT2D eigenvalue weighted by Crippen LogP contribution is -2.46. The Bertz CT molecular complexity index is 152. The number of hydrogen-bond donors (Lipinski definition) is 1. The van der Waals surface area contributed by atoms with E-state index in [4.69, 9.17) is 10.5 Å². The molecule has 1 spiro atoms. The van der Waals surface area contributed by atoms with Crippen molar-refractivity contribution in [1.29, 1.82) is 0 Å². The Kier molecular flexibility index (Phi) is 2.37. The highest BCUT2D eigenvalue weighted by atomic mass is 16.5. The lowest BCUT2D eigenvalue weighted by Gasteiger charge is -2.50. The second-order valence-electron chi connectivity index (χ2n) is 4.33. The van der Waals surface area contributed by atoms with Crippen molar-refractivity contribution < 1.29 is 4.74 Å². The summed E-state index contributed by atoms with van der Waals surface area (Å²) in [6.07, 6.45) is 6.64. The van der Waals surface area contributed by atoms with E-state index >= 15 is 0 Å². The van der Waals surface area contributed by atoms with Crippen LogP contribution in [-0.2, 0) is 4.74 Å². The molecule has 2 N–H and O–H groups in total. The van der Waals surface area contributed by atoms with Crippen molar-refractivity contribution in [3.63, 3.8) is 0 Å². The van der Waals surface area contributed by atoms with Crippen molar-refractivity contribution >= 4 is 0 Å². The summed E-state index contributed by atoms with van der Waals surface area (Å²) in [4.78, 5) is 0. The second-order valence-corrected chi connectivity index (χ2v) is 4.33. The second kappa shape index (κ2) is 3.35. The summed E-state index contributed by atoms with van der Waals surface area (Å²) in [5.74, 6) is 0.866. The van der Waals surface area contributed by atoms with Gasteiger partial charge in [0.1, 0.15) is 0 Å². The zero-order valence-electron chi connectivity index (χ0n) is 7.72. The predicted molar refractivity (Wildman–Crippen MR) is 48.9 cm³/mol. The molecular formula is C10H19NO. The van der Waals surface area contributed by atoms with Gasteiger partial charge >= 0.3 is 0 Å². The van der Waals surface area contributed by atoms with Gasteiger partial charge in [0, 0.05) is 6.61 Å². The smallest absolute Gasteiger partial charge is 0.0525 e. The van der Waals surface area contributed by atoms with Gasteiger partial charge in [-0.3, -0.25) is 0 Å². The fraction of sp³-hybridized carbons (Fsp3) is 1.00. The molecule has 2 fully saturated rings. The molecule has 1 atom stereocenters. The topological polar surface area (TPSA) is 35.2 Å². The molecule has 1 aliphatic carbocycles. The molecule has 1 heterocycles. The number of ether oxygens (including phenoxy) is 1. The maximum Gasteiger partial charge on any atom is 0.0525 e. The number of nitrogens with two attached hydrogens (primary N) is 1. The van der Waals surface area contributed by atoms with E-state index in [1.54, 1.807) is 0 Å². The molecule has 0 aromatic heterocycles. The summed E-state index contributed by atoms with van der Waals surface area (Å²) >= 11 is 0. The van der Waals surface area contributed by atoms with Gasteiger partial charge in [0.15, 0.2) is 0 Å². The molecule has 0 aromatic carbocycles. The molecule has 2 aliphatic rings. The molecule has 0 radical (unpaired) electrons. The van der Waals surface area contributed by atoms with E-state index in [0.717, 1.165) is 25.7 Å². The third-order valence-electron chi connectivity index (χ3n) is 3.73. The number of rotatable bonds is 2. The Morgan fingerprint density at radius 3 is 2.83 bits per heavy atom. The summed E-state index contributed by atoms with van der Waals surface area (Å²) in [7, 11) is 0. The maximum absolute atomic E-state index is 5.62. The maximum atomic E-state index is 5.62. The van der Waals surface area contributed by atoms with Crippen LogP contribution < -0.4 is 5.73 Å². The van der Waals surface area contributed by atoms with E-state index in [2.05, 4.69) is 0 Å². The molecule has 1 saturated heterocycles. The summed E-state index contributed by atoms with van der Waals surface area (Å²) in [5.41, 5.74) is 6.19. The SMILES string of the molecule is NCCC1CCOCC12CCC2. The van der Waals surface area contributed by atoms with Crippen molar-refractivity contribution in [2.75, 3.05) is 19.8 Å². The van der Waals surface area contributed by atoms with Gasteiger partial charge in [-0.15, -0.1) is 0 Å². The molecule has 1 aliphatic heterocycles. The van der Waals surface area contributed by atoms with Crippen LogP contribution in [0, 0.1) is 11.3 Å². The van der Waals surface area contributed by atoms with Crippen LogP contribution in [0.15, 0.2) is 0 Å². The Morgan fingerprint density at radius 2 is 2.25 bits per heavy atom. The highest BCUT2D eigenvalue weighted by Gasteiger charge is 2.45. The third-order valence-corrected chi connectivity index (χ3v) is 3.73. The van der Waals surface area contributed by atoms with E-state index in [9.17, 15) is 0 Å². The monoisotopic (exact) mass is 169 g/mol. The highest BCUT2D eigenvalue weighted by Crippen LogP contribution is 2.51. The van der Waals surface area contributed by atoms with Gasteiger partial charge < -0.3 is 10.5 Å². The largest absolute Gasteiger partial charge is 0.381 e. The summed E-state index contributed by atoms with van der Waals surface area (Å²) in [5, 5.41) is 0. The summed E-state index contributed by atoms with van der Waals surface area (Å²) in [6.45, 7) is 2.83. The molecule has 0 amide bonds. The van der Waals surface area contributed by atoms with Crippen LogP contribution in [0.1, 0.15) is 32.1 Å². The summed E-state index contributed by atoms with van der Waals surface area (Å²) < 4.78 is 5.56. The standard InChI is InChI=1S/C10H19NO/c11-6-2-9-3-7-12-8-10(9)4-1-5-10/h9H,1-8,11H2. The van der Waals surface area contributed by atoms with Crippen LogP contribution in [0.3, 0.4) is 0 Å². The molecule has 2 heteroatoms. The predicted octanol–water partition coefficient (Wildman–Crippen LogP) is 1.54. The van der Waals surface area contributed by atoms with Crippen LogP contribution in [0.4, 0.5) is 0 Å². The molecule has 0 aromatic rings. The van der Waals surface area contributed by atoms with Gasteiger partial charge in [-0.2, -0.15) is 0 Å². The molecule has 2 rings (SSSR count). The van der Waals surface area contributed by atoms with Gasteiger partial charge in [-0.05, 0) is 43.6 Å². The zero-order valence-corrected chi connectivity index (χ0v) is 7.72. The lowest BCUT2D eigenvalue weighted by molar-refractivity contribution is -0.0986. The first-order valence-corrected chi connectivity index (χ1v) is 5.15. The Labute approximate surface area is 74.5 Å². The van der Waals surface area contributed by atoms with Crippen LogP contribution >= 0.6 is 0 Å². The Morgan fingerprint density at radius 1 is 1.42 bits per heavy atom. The van der Waals surface area contributed by atoms with Gasteiger partial charge in [0.05, 0.1) is 6.61 Å². The van der Waals surface area contributed by atoms with Gasteiger partial charge in [0.25, 0.3) is 0 Å². The first kappa shape index (κ1) is 8.52. The minimum Gasteiger partial charge on any atom is -0.381 e. The molecule has 0 bridgehead atoms. The van der Waals surface area contributed by atoms with Crippen LogP contribution in [0.25, 0.3) is 0 Å². The third kappa shape index (κ3) is 1.27. The molecule has 12 heavy (non-hydrogen) atoms. The van der Waals surface area contributed by atoms with Crippen molar-refractivity contribution in [3.05, 3.63) is 0 Å². The van der Waals surface area contributed by atoms with Crippen molar-refractivity contribution in [3.8, 4) is 0 Å². The molecule has 2 nitrogen and oxygen atoms in total. The van der Waals surface area contributed by atoms with E-state index in [1.165, 1.54) is 32.1 Å².